The zero-order valence-corrected chi connectivity index (χ0v) is 10.4. The van der Waals surface area contributed by atoms with E-state index in [-0.39, 0.29) is 11.5 Å². The SMILES string of the molecule is Cc1c(F)ccc(NN=C(C#N)C#N)c1I. The van der Waals surface area contributed by atoms with Crippen LogP contribution in [-0.2, 0) is 0 Å². The molecular weight excluding hydrogens is 322 g/mol. The van der Waals surface area contributed by atoms with Gasteiger partial charge in [0.05, 0.1) is 5.69 Å². The minimum absolute atomic E-state index is 0.280. The van der Waals surface area contributed by atoms with Crippen molar-refractivity contribution in [3.63, 3.8) is 0 Å². The fourth-order valence-corrected chi connectivity index (χ4v) is 1.50. The molecule has 0 aliphatic heterocycles. The van der Waals surface area contributed by atoms with Crippen molar-refractivity contribution >= 4 is 34.0 Å². The first-order valence-electron chi connectivity index (χ1n) is 4.18. The van der Waals surface area contributed by atoms with Crippen LogP contribution in [0.2, 0.25) is 0 Å². The summed E-state index contributed by atoms with van der Waals surface area (Å²) in [6, 6.07) is 6.03. The Morgan fingerprint density at radius 1 is 1.44 bits per heavy atom. The summed E-state index contributed by atoms with van der Waals surface area (Å²) < 4.78 is 13.8. The highest BCUT2D eigenvalue weighted by molar-refractivity contribution is 14.1. The predicted octanol–water partition coefficient (Wildman–Crippen LogP) is 2.55. The number of nitrogens with zero attached hydrogens (tertiary/aromatic N) is 3. The second-order valence-corrected chi connectivity index (χ2v) is 3.91. The van der Waals surface area contributed by atoms with Gasteiger partial charge in [0, 0.05) is 9.13 Å². The topological polar surface area (TPSA) is 72.0 Å². The highest BCUT2D eigenvalue weighted by Gasteiger charge is 2.06. The van der Waals surface area contributed by atoms with Crippen LogP contribution < -0.4 is 5.43 Å². The van der Waals surface area contributed by atoms with Crippen molar-refractivity contribution in [1.82, 2.24) is 0 Å². The molecule has 0 radical (unpaired) electrons. The van der Waals surface area contributed by atoms with Crippen LogP contribution in [0.4, 0.5) is 10.1 Å². The Kier molecular flexibility index (Phi) is 4.20. The number of anilines is 1. The summed E-state index contributed by atoms with van der Waals surface area (Å²) >= 11 is 1.96. The van der Waals surface area contributed by atoms with E-state index in [4.69, 9.17) is 10.5 Å². The fraction of sp³-hybridized carbons (Fsp3) is 0.100. The number of nitrogens with one attached hydrogen (secondary N) is 1. The van der Waals surface area contributed by atoms with Gasteiger partial charge in [-0.05, 0) is 41.6 Å². The van der Waals surface area contributed by atoms with E-state index < -0.39 is 0 Å². The van der Waals surface area contributed by atoms with Gasteiger partial charge in [-0.25, -0.2) is 4.39 Å². The molecule has 6 heteroatoms. The number of hydrogen-bond donors (Lipinski definition) is 1. The molecule has 1 aromatic carbocycles. The predicted molar refractivity (Wildman–Crippen MR) is 66.1 cm³/mol. The van der Waals surface area contributed by atoms with Gasteiger partial charge in [0.15, 0.2) is 0 Å². The molecule has 0 amide bonds. The summed E-state index contributed by atoms with van der Waals surface area (Å²) in [7, 11) is 0. The van der Waals surface area contributed by atoms with Crippen LogP contribution in [0.3, 0.4) is 0 Å². The smallest absolute Gasteiger partial charge is 0.237 e. The lowest BCUT2D eigenvalue weighted by Gasteiger charge is -2.06. The number of nitriles is 2. The molecule has 1 N–H and O–H groups in total. The van der Waals surface area contributed by atoms with Crippen molar-refractivity contribution in [3.05, 3.63) is 27.1 Å². The monoisotopic (exact) mass is 328 g/mol. The van der Waals surface area contributed by atoms with Crippen molar-refractivity contribution in [2.45, 2.75) is 6.92 Å². The molecule has 0 unspecified atom stereocenters. The lowest BCUT2D eigenvalue weighted by molar-refractivity contribution is 0.617. The fourth-order valence-electron chi connectivity index (χ4n) is 0.939. The quantitative estimate of drug-likeness (QED) is 0.515. The van der Waals surface area contributed by atoms with E-state index in [1.54, 1.807) is 19.1 Å². The summed E-state index contributed by atoms with van der Waals surface area (Å²) in [5.74, 6) is -0.306. The Bertz CT molecular complexity index is 509. The normalized spacial score (nSPS) is 8.81. The molecule has 0 saturated heterocycles. The Balaban J connectivity index is 3.02. The maximum Gasteiger partial charge on any atom is 0.237 e. The summed E-state index contributed by atoms with van der Waals surface area (Å²) in [6.07, 6.45) is 0. The van der Waals surface area contributed by atoms with E-state index in [9.17, 15) is 4.39 Å². The van der Waals surface area contributed by atoms with Gasteiger partial charge in [-0.1, -0.05) is 0 Å². The second kappa shape index (κ2) is 5.42. The van der Waals surface area contributed by atoms with Crippen LogP contribution >= 0.6 is 22.6 Å². The van der Waals surface area contributed by atoms with Gasteiger partial charge in [-0.3, -0.25) is 5.43 Å². The van der Waals surface area contributed by atoms with E-state index >= 15 is 0 Å². The third-order valence-electron chi connectivity index (χ3n) is 1.82. The first-order valence-corrected chi connectivity index (χ1v) is 5.26. The highest BCUT2D eigenvalue weighted by Crippen LogP contribution is 2.23. The molecule has 0 aliphatic carbocycles. The maximum atomic E-state index is 13.1. The summed E-state index contributed by atoms with van der Waals surface area (Å²) in [5.41, 5.74) is 3.33. The molecule has 0 aromatic heterocycles. The molecule has 1 aromatic rings. The van der Waals surface area contributed by atoms with Gasteiger partial charge in [-0.2, -0.15) is 15.6 Å². The molecule has 0 atom stereocenters. The molecule has 0 spiro atoms. The standard InChI is InChI=1S/C10H6FIN4/c1-6-8(11)2-3-9(10(6)12)16-15-7(4-13)5-14/h2-3,16H,1H3. The Hall–Kier alpha value is -1.67. The van der Waals surface area contributed by atoms with Crippen molar-refractivity contribution < 1.29 is 4.39 Å². The van der Waals surface area contributed by atoms with E-state index in [1.165, 1.54) is 12.1 Å². The summed E-state index contributed by atoms with van der Waals surface area (Å²) in [5, 5.41) is 20.5. The number of rotatable bonds is 2. The highest BCUT2D eigenvalue weighted by atomic mass is 127. The molecule has 1 rings (SSSR count). The number of halogens is 2. The first kappa shape index (κ1) is 12.4. The van der Waals surface area contributed by atoms with Crippen LogP contribution in [0.1, 0.15) is 5.56 Å². The minimum Gasteiger partial charge on any atom is -0.275 e. The van der Waals surface area contributed by atoms with Crippen LogP contribution in [0.5, 0.6) is 0 Å². The largest absolute Gasteiger partial charge is 0.275 e. The van der Waals surface area contributed by atoms with Gasteiger partial charge in [0.25, 0.3) is 0 Å². The average Bonchev–Trinajstić information content (AvgIpc) is 2.30. The summed E-state index contributed by atoms with van der Waals surface area (Å²) in [6.45, 7) is 1.64. The van der Waals surface area contributed by atoms with E-state index in [0.29, 0.717) is 14.8 Å². The Morgan fingerprint density at radius 2 is 2.06 bits per heavy atom. The molecule has 16 heavy (non-hydrogen) atoms. The maximum absolute atomic E-state index is 13.1. The number of hydrogen-bond acceptors (Lipinski definition) is 4. The molecule has 4 nitrogen and oxygen atoms in total. The molecule has 0 fully saturated rings. The molecule has 0 aliphatic rings. The third-order valence-corrected chi connectivity index (χ3v) is 3.21. The van der Waals surface area contributed by atoms with Gasteiger partial charge >= 0.3 is 0 Å². The van der Waals surface area contributed by atoms with Crippen molar-refractivity contribution in [1.29, 1.82) is 10.5 Å². The van der Waals surface area contributed by atoms with Crippen molar-refractivity contribution in [2.75, 3.05) is 5.43 Å². The van der Waals surface area contributed by atoms with Gasteiger partial charge in [0.2, 0.25) is 5.71 Å². The van der Waals surface area contributed by atoms with Crippen molar-refractivity contribution in [2.24, 2.45) is 5.10 Å². The average molecular weight is 328 g/mol. The van der Waals surface area contributed by atoms with E-state index in [0.717, 1.165) is 0 Å². The lowest BCUT2D eigenvalue weighted by Crippen LogP contribution is -2.00. The lowest BCUT2D eigenvalue weighted by atomic mass is 10.2. The van der Waals surface area contributed by atoms with Crippen LogP contribution in [0.15, 0.2) is 17.2 Å². The first-order chi connectivity index (χ1) is 7.60. The van der Waals surface area contributed by atoms with Gasteiger partial charge in [-0.15, -0.1) is 0 Å². The third kappa shape index (κ3) is 2.67. The molecule has 0 bridgehead atoms. The zero-order valence-electron chi connectivity index (χ0n) is 8.25. The van der Waals surface area contributed by atoms with Crippen LogP contribution in [0.25, 0.3) is 0 Å². The van der Waals surface area contributed by atoms with Crippen LogP contribution in [0, 0.1) is 39.0 Å². The molecule has 80 valence electrons. The zero-order chi connectivity index (χ0) is 12.1. The minimum atomic E-state index is -0.306. The molecule has 0 saturated carbocycles. The Labute approximate surface area is 106 Å². The van der Waals surface area contributed by atoms with Crippen LogP contribution in [-0.4, -0.2) is 5.71 Å². The van der Waals surface area contributed by atoms with Crippen molar-refractivity contribution in [3.8, 4) is 12.1 Å². The van der Waals surface area contributed by atoms with E-state index in [2.05, 4.69) is 10.5 Å². The van der Waals surface area contributed by atoms with E-state index in [1.807, 2.05) is 22.6 Å². The number of hydrazone groups is 1. The van der Waals surface area contributed by atoms with Gasteiger partial charge in [0.1, 0.15) is 18.0 Å². The molecule has 0 heterocycles. The number of benzene rings is 1. The summed E-state index contributed by atoms with van der Waals surface area (Å²) in [4.78, 5) is 0. The molecular formula is C10H6FIN4. The second-order valence-electron chi connectivity index (χ2n) is 2.83. The Morgan fingerprint density at radius 3 is 2.62 bits per heavy atom. The van der Waals surface area contributed by atoms with Gasteiger partial charge < -0.3 is 0 Å².